The molecule has 138 valence electrons. The average Bonchev–Trinajstić information content (AvgIpc) is 3.20. The van der Waals surface area contributed by atoms with Crippen molar-refractivity contribution in [2.75, 3.05) is 19.3 Å². The van der Waals surface area contributed by atoms with Crippen LogP contribution in [0.5, 0.6) is 0 Å². The standard InChI is InChI=1S/C18H27N5S.HI/c1-3-19-18(22-14-7-8-16(12-14)24-2)20-10-9-15-13-23-11-5-4-6-17(23)21-15;/h4-6,11,13-14,16H,3,7-10,12H2,1-2H3,(H2,19,20,22);1H. The van der Waals surface area contributed by atoms with E-state index in [0.29, 0.717) is 6.04 Å². The molecule has 2 heterocycles. The van der Waals surface area contributed by atoms with Gasteiger partial charge in [0.1, 0.15) is 5.65 Å². The van der Waals surface area contributed by atoms with E-state index in [1.807, 2.05) is 36.2 Å². The fourth-order valence-corrected chi connectivity index (χ4v) is 3.99. The molecular weight excluding hydrogens is 445 g/mol. The second kappa shape index (κ2) is 10.3. The number of nitrogens with one attached hydrogen (secondary N) is 2. The van der Waals surface area contributed by atoms with Crippen LogP contribution in [0.4, 0.5) is 0 Å². The van der Waals surface area contributed by atoms with Gasteiger partial charge in [0.2, 0.25) is 0 Å². The van der Waals surface area contributed by atoms with Crippen molar-refractivity contribution in [1.82, 2.24) is 20.0 Å². The lowest BCUT2D eigenvalue weighted by molar-refractivity contribution is 0.615. The van der Waals surface area contributed by atoms with Crippen LogP contribution in [0.25, 0.3) is 5.65 Å². The van der Waals surface area contributed by atoms with Gasteiger partial charge in [-0.25, -0.2) is 4.98 Å². The van der Waals surface area contributed by atoms with E-state index in [0.717, 1.165) is 42.1 Å². The van der Waals surface area contributed by atoms with Gasteiger partial charge in [-0.2, -0.15) is 11.8 Å². The summed E-state index contributed by atoms with van der Waals surface area (Å²) in [6.07, 6.45) is 11.0. The van der Waals surface area contributed by atoms with Crippen molar-refractivity contribution in [3.63, 3.8) is 0 Å². The Balaban J connectivity index is 0.00000225. The first-order valence-corrected chi connectivity index (χ1v) is 10.1. The number of hydrogen-bond donors (Lipinski definition) is 2. The number of guanidine groups is 1. The summed E-state index contributed by atoms with van der Waals surface area (Å²) in [5, 5.41) is 7.75. The molecule has 0 saturated heterocycles. The van der Waals surface area contributed by atoms with Crippen LogP contribution in [0.3, 0.4) is 0 Å². The first-order chi connectivity index (χ1) is 11.8. The van der Waals surface area contributed by atoms with Crippen molar-refractivity contribution in [2.24, 2.45) is 4.99 Å². The molecule has 2 aromatic heterocycles. The first-order valence-electron chi connectivity index (χ1n) is 8.78. The van der Waals surface area contributed by atoms with Gasteiger partial charge in [-0.1, -0.05) is 6.07 Å². The molecular formula is C18H28IN5S. The lowest BCUT2D eigenvalue weighted by Crippen LogP contribution is -2.42. The van der Waals surface area contributed by atoms with Crippen LogP contribution in [0.2, 0.25) is 0 Å². The summed E-state index contributed by atoms with van der Waals surface area (Å²) in [5.74, 6) is 0.938. The number of thioether (sulfide) groups is 1. The number of fused-ring (bicyclic) bond motifs is 1. The number of halogens is 1. The molecule has 0 aromatic carbocycles. The highest BCUT2D eigenvalue weighted by Gasteiger charge is 2.24. The first kappa shape index (κ1) is 20.4. The minimum atomic E-state index is 0. The zero-order chi connectivity index (χ0) is 16.8. The van der Waals surface area contributed by atoms with Crippen molar-refractivity contribution in [3.8, 4) is 0 Å². The molecule has 0 bridgehead atoms. The van der Waals surface area contributed by atoms with Crippen molar-refractivity contribution in [2.45, 2.75) is 43.9 Å². The Morgan fingerprint density at radius 1 is 1.40 bits per heavy atom. The third-order valence-electron chi connectivity index (χ3n) is 4.45. The van der Waals surface area contributed by atoms with E-state index in [-0.39, 0.29) is 24.0 Å². The molecule has 1 aliphatic rings. The molecule has 0 radical (unpaired) electrons. The van der Waals surface area contributed by atoms with Crippen LogP contribution < -0.4 is 10.6 Å². The molecule has 1 fully saturated rings. The average molecular weight is 473 g/mol. The summed E-state index contributed by atoms with van der Waals surface area (Å²) in [5.41, 5.74) is 2.08. The molecule has 25 heavy (non-hydrogen) atoms. The van der Waals surface area contributed by atoms with Gasteiger partial charge >= 0.3 is 0 Å². The van der Waals surface area contributed by atoms with Gasteiger partial charge in [-0.05, 0) is 44.6 Å². The molecule has 0 aliphatic heterocycles. The molecule has 2 unspecified atom stereocenters. The van der Waals surface area contributed by atoms with Crippen molar-refractivity contribution in [3.05, 3.63) is 36.3 Å². The zero-order valence-electron chi connectivity index (χ0n) is 14.9. The molecule has 0 amide bonds. The molecule has 3 rings (SSSR count). The minimum absolute atomic E-state index is 0. The van der Waals surface area contributed by atoms with Crippen LogP contribution in [-0.4, -0.2) is 46.0 Å². The lowest BCUT2D eigenvalue weighted by Gasteiger charge is -2.17. The van der Waals surface area contributed by atoms with E-state index < -0.39 is 0 Å². The Hall–Kier alpha value is -0.960. The summed E-state index contributed by atoms with van der Waals surface area (Å²) < 4.78 is 2.06. The highest BCUT2D eigenvalue weighted by Crippen LogP contribution is 2.27. The van der Waals surface area contributed by atoms with Crippen LogP contribution in [0.15, 0.2) is 35.6 Å². The predicted octanol–water partition coefficient (Wildman–Crippen LogP) is 3.33. The number of nitrogens with zero attached hydrogens (tertiary/aromatic N) is 3. The lowest BCUT2D eigenvalue weighted by atomic mass is 10.2. The number of rotatable bonds is 6. The van der Waals surface area contributed by atoms with Gasteiger partial charge in [0.25, 0.3) is 0 Å². The van der Waals surface area contributed by atoms with E-state index in [2.05, 4.69) is 39.4 Å². The smallest absolute Gasteiger partial charge is 0.191 e. The quantitative estimate of drug-likeness (QED) is 0.384. The van der Waals surface area contributed by atoms with Crippen molar-refractivity contribution < 1.29 is 0 Å². The van der Waals surface area contributed by atoms with Gasteiger partial charge in [0.15, 0.2) is 5.96 Å². The molecule has 5 nitrogen and oxygen atoms in total. The molecule has 1 aliphatic carbocycles. The Kier molecular flexibility index (Phi) is 8.35. The molecule has 1 saturated carbocycles. The number of hydrogen-bond acceptors (Lipinski definition) is 3. The number of imidazole rings is 1. The molecule has 2 N–H and O–H groups in total. The zero-order valence-corrected chi connectivity index (χ0v) is 18.1. The maximum atomic E-state index is 4.73. The maximum absolute atomic E-state index is 4.73. The second-order valence-corrected chi connectivity index (χ2v) is 7.36. The van der Waals surface area contributed by atoms with Crippen molar-refractivity contribution in [1.29, 1.82) is 0 Å². The van der Waals surface area contributed by atoms with Gasteiger partial charge in [-0.3, -0.25) is 4.99 Å². The second-order valence-electron chi connectivity index (χ2n) is 6.22. The number of aliphatic imine (C=N–C) groups is 1. The summed E-state index contributed by atoms with van der Waals surface area (Å²) in [6, 6.07) is 6.62. The van der Waals surface area contributed by atoms with E-state index in [9.17, 15) is 0 Å². The highest BCUT2D eigenvalue weighted by atomic mass is 127. The van der Waals surface area contributed by atoms with Gasteiger partial charge in [0.05, 0.1) is 5.69 Å². The molecule has 2 aromatic rings. The normalized spacial score (nSPS) is 20.5. The van der Waals surface area contributed by atoms with Crippen LogP contribution in [0.1, 0.15) is 31.9 Å². The Morgan fingerprint density at radius 3 is 3.00 bits per heavy atom. The fraction of sp³-hybridized carbons (Fsp3) is 0.556. The topological polar surface area (TPSA) is 53.7 Å². The van der Waals surface area contributed by atoms with E-state index in [4.69, 9.17) is 4.99 Å². The fourth-order valence-electron chi connectivity index (χ4n) is 3.19. The third-order valence-corrected chi connectivity index (χ3v) is 5.55. The summed E-state index contributed by atoms with van der Waals surface area (Å²) in [7, 11) is 0. The molecule has 0 spiro atoms. The summed E-state index contributed by atoms with van der Waals surface area (Å²) in [4.78, 5) is 9.36. The summed E-state index contributed by atoms with van der Waals surface area (Å²) >= 11 is 1.98. The van der Waals surface area contributed by atoms with Gasteiger partial charge in [0, 0.05) is 43.2 Å². The van der Waals surface area contributed by atoms with Crippen molar-refractivity contribution >= 4 is 47.3 Å². The number of pyridine rings is 1. The largest absolute Gasteiger partial charge is 0.357 e. The SMILES string of the molecule is CCNC(=NCCc1cn2ccccc2n1)NC1CCC(SC)C1.I. The van der Waals surface area contributed by atoms with E-state index in [1.54, 1.807) is 0 Å². The Morgan fingerprint density at radius 2 is 2.28 bits per heavy atom. The van der Waals surface area contributed by atoms with Crippen LogP contribution >= 0.6 is 35.7 Å². The third kappa shape index (κ3) is 5.77. The van der Waals surface area contributed by atoms with Gasteiger partial charge < -0.3 is 15.0 Å². The van der Waals surface area contributed by atoms with E-state index in [1.165, 1.54) is 19.3 Å². The highest BCUT2D eigenvalue weighted by molar-refractivity contribution is 14.0. The van der Waals surface area contributed by atoms with Crippen LogP contribution in [-0.2, 0) is 6.42 Å². The monoisotopic (exact) mass is 473 g/mol. The molecule has 2 atom stereocenters. The maximum Gasteiger partial charge on any atom is 0.191 e. The number of aromatic nitrogens is 2. The predicted molar refractivity (Wildman–Crippen MR) is 118 cm³/mol. The van der Waals surface area contributed by atoms with Gasteiger partial charge in [-0.15, -0.1) is 24.0 Å². The van der Waals surface area contributed by atoms with E-state index >= 15 is 0 Å². The molecule has 7 heteroatoms. The summed E-state index contributed by atoms with van der Waals surface area (Å²) in [6.45, 7) is 3.75. The van der Waals surface area contributed by atoms with Crippen LogP contribution in [0, 0.1) is 0 Å². The Labute approximate surface area is 171 Å². The minimum Gasteiger partial charge on any atom is -0.357 e. The Bertz CT molecular complexity index is 654.